The van der Waals surface area contributed by atoms with E-state index in [4.69, 9.17) is 4.74 Å². The van der Waals surface area contributed by atoms with E-state index >= 15 is 0 Å². The average molecular weight is 211 g/mol. The third-order valence-electron chi connectivity index (χ3n) is 2.00. The maximum Gasteiger partial charge on any atom is 0.260 e. The van der Waals surface area contributed by atoms with Crippen LogP contribution in [0.2, 0.25) is 0 Å². The first kappa shape index (κ1) is 11.5. The summed E-state index contributed by atoms with van der Waals surface area (Å²) in [6.07, 6.45) is 0.0392. The van der Waals surface area contributed by atoms with Crippen LogP contribution in [0.25, 0.3) is 0 Å². The minimum atomic E-state index is -0.527. The van der Waals surface area contributed by atoms with Crippen LogP contribution >= 0.6 is 0 Å². The molecule has 4 heteroatoms. The highest BCUT2D eigenvalue weighted by atomic mass is 19.1. The number of hydrogen-bond acceptors (Lipinski definition) is 2. The van der Waals surface area contributed by atoms with Gasteiger partial charge in [-0.2, -0.15) is 0 Å². The molecular weight excluding hydrogens is 197 g/mol. The number of rotatable bonds is 4. The van der Waals surface area contributed by atoms with Gasteiger partial charge in [-0.1, -0.05) is 6.92 Å². The van der Waals surface area contributed by atoms with Crippen LogP contribution in [0.4, 0.5) is 4.39 Å². The first-order valence-corrected chi connectivity index (χ1v) is 4.81. The van der Waals surface area contributed by atoms with Crippen molar-refractivity contribution in [1.82, 2.24) is 5.32 Å². The second kappa shape index (κ2) is 5.34. The summed E-state index contributed by atoms with van der Waals surface area (Å²) in [5.41, 5.74) is 0. The number of carbonyl (C=O) groups excluding carboxylic acids is 1. The third kappa shape index (κ3) is 3.23. The number of ether oxygens (including phenoxy) is 1. The van der Waals surface area contributed by atoms with E-state index in [1.807, 2.05) is 6.92 Å². The van der Waals surface area contributed by atoms with Gasteiger partial charge in [0.05, 0.1) is 0 Å². The predicted molar refractivity (Wildman–Crippen MR) is 55.2 cm³/mol. The Balaban J connectivity index is 2.66. The number of carbonyl (C=O) groups is 1. The molecule has 82 valence electrons. The van der Waals surface area contributed by atoms with E-state index < -0.39 is 6.10 Å². The molecule has 1 aromatic carbocycles. The SMILES string of the molecule is CC[C@H](Oc1ccc(F)cc1)C(=O)NC. The van der Waals surface area contributed by atoms with E-state index in [1.165, 1.54) is 24.3 Å². The van der Waals surface area contributed by atoms with Crippen LogP contribution in [0.15, 0.2) is 24.3 Å². The van der Waals surface area contributed by atoms with Crippen molar-refractivity contribution < 1.29 is 13.9 Å². The van der Waals surface area contributed by atoms with Crippen LogP contribution in [0.1, 0.15) is 13.3 Å². The van der Waals surface area contributed by atoms with Gasteiger partial charge in [-0.15, -0.1) is 0 Å². The standard InChI is InChI=1S/C11H14FNO2/c1-3-10(11(14)13-2)15-9-6-4-8(12)5-7-9/h4-7,10H,3H2,1-2H3,(H,13,14)/t10-/m0/s1. The summed E-state index contributed by atoms with van der Waals surface area (Å²) in [7, 11) is 1.55. The third-order valence-corrected chi connectivity index (χ3v) is 2.00. The number of hydrogen-bond donors (Lipinski definition) is 1. The molecule has 0 heterocycles. The highest BCUT2D eigenvalue weighted by Crippen LogP contribution is 2.14. The summed E-state index contributed by atoms with van der Waals surface area (Å²) in [5, 5.41) is 2.51. The molecule has 1 atom stereocenters. The molecule has 0 aliphatic carbocycles. The molecule has 0 aliphatic heterocycles. The van der Waals surface area contributed by atoms with Crippen LogP contribution < -0.4 is 10.1 Å². The Kier molecular flexibility index (Phi) is 4.09. The lowest BCUT2D eigenvalue weighted by Crippen LogP contribution is -2.35. The Morgan fingerprint density at radius 2 is 2.07 bits per heavy atom. The Labute approximate surface area is 88.2 Å². The van der Waals surface area contributed by atoms with Crippen molar-refractivity contribution in [2.75, 3.05) is 7.05 Å². The molecule has 1 aromatic rings. The molecule has 0 fully saturated rings. The maximum atomic E-state index is 12.6. The van der Waals surface area contributed by atoms with Crippen molar-refractivity contribution in [3.63, 3.8) is 0 Å². The largest absolute Gasteiger partial charge is 0.481 e. The van der Waals surface area contributed by atoms with Crippen molar-refractivity contribution >= 4 is 5.91 Å². The van der Waals surface area contributed by atoms with Crippen LogP contribution in [0.5, 0.6) is 5.75 Å². The second-order valence-corrected chi connectivity index (χ2v) is 3.08. The topological polar surface area (TPSA) is 38.3 Å². The van der Waals surface area contributed by atoms with Gasteiger partial charge in [0, 0.05) is 7.05 Å². The summed E-state index contributed by atoms with van der Waals surface area (Å²) < 4.78 is 18.0. The van der Waals surface area contributed by atoms with E-state index in [-0.39, 0.29) is 11.7 Å². The van der Waals surface area contributed by atoms with Crippen molar-refractivity contribution in [3.8, 4) is 5.75 Å². The zero-order chi connectivity index (χ0) is 11.3. The summed E-state index contributed by atoms with van der Waals surface area (Å²) in [4.78, 5) is 11.3. The van der Waals surface area contributed by atoms with E-state index in [0.717, 1.165) is 0 Å². The Bertz CT molecular complexity index is 324. The Hall–Kier alpha value is -1.58. The van der Waals surface area contributed by atoms with Gasteiger partial charge in [-0.25, -0.2) is 4.39 Å². The fourth-order valence-electron chi connectivity index (χ4n) is 1.16. The van der Waals surface area contributed by atoms with Crippen molar-refractivity contribution in [3.05, 3.63) is 30.1 Å². The van der Waals surface area contributed by atoms with Gasteiger partial charge in [0.15, 0.2) is 6.10 Å². The predicted octanol–water partition coefficient (Wildman–Crippen LogP) is 1.73. The van der Waals surface area contributed by atoms with Crippen LogP contribution in [-0.4, -0.2) is 19.1 Å². The number of nitrogens with one attached hydrogen (secondary N) is 1. The molecule has 0 bridgehead atoms. The van der Waals surface area contributed by atoms with Crippen molar-refractivity contribution in [2.24, 2.45) is 0 Å². The van der Waals surface area contributed by atoms with E-state index in [2.05, 4.69) is 5.32 Å². The number of likely N-dealkylation sites (N-methyl/N-ethyl adjacent to an activating group) is 1. The fourth-order valence-corrected chi connectivity index (χ4v) is 1.16. The van der Waals surface area contributed by atoms with Gasteiger partial charge < -0.3 is 10.1 Å². The van der Waals surface area contributed by atoms with Crippen LogP contribution in [0, 0.1) is 5.82 Å². The van der Waals surface area contributed by atoms with Gasteiger partial charge in [0.1, 0.15) is 11.6 Å². The lowest BCUT2D eigenvalue weighted by Gasteiger charge is -2.15. The van der Waals surface area contributed by atoms with E-state index in [0.29, 0.717) is 12.2 Å². The quantitative estimate of drug-likeness (QED) is 0.823. The summed E-state index contributed by atoms with van der Waals surface area (Å²) in [6.45, 7) is 1.85. The summed E-state index contributed by atoms with van der Waals surface area (Å²) in [6, 6.07) is 5.60. The normalized spacial score (nSPS) is 11.9. The van der Waals surface area contributed by atoms with Gasteiger partial charge >= 0.3 is 0 Å². The molecule has 1 N–H and O–H groups in total. The number of halogens is 1. The van der Waals surface area contributed by atoms with Crippen molar-refractivity contribution in [1.29, 1.82) is 0 Å². The van der Waals surface area contributed by atoms with Crippen LogP contribution in [0.3, 0.4) is 0 Å². The van der Waals surface area contributed by atoms with Gasteiger partial charge in [-0.3, -0.25) is 4.79 Å². The van der Waals surface area contributed by atoms with Gasteiger partial charge in [0.25, 0.3) is 5.91 Å². The molecule has 15 heavy (non-hydrogen) atoms. The Morgan fingerprint density at radius 3 is 2.53 bits per heavy atom. The molecule has 1 amide bonds. The average Bonchev–Trinajstić information content (AvgIpc) is 2.27. The second-order valence-electron chi connectivity index (χ2n) is 3.08. The molecular formula is C11H14FNO2. The Morgan fingerprint density at radius 1 is 1.47 bits per heavy atom. The molecule has 0 radical (unpaired) electrons. The van der Waals surface area contributed by atoms with E-state index in [1.54, 1.807) is 7.05 Å². The molecule has 0 saturated carbocycles. The first-order valence-electron chi connectivity index (χ1n) is 4.81. The zero-order valence-electron chi connectivity index (χ0n) is 8.79. The van der Waals surface area contributed by atoms with Gasteiger partial charge in [0.2, 0.25) is 0 Å². The highest BCUT2D eigenvalue weighted by molar-refractivity contribution is 5.80. The molecule has 0 aliphatic rings. The minimum absolute atomic E-state index is 0.179. The minimum Gasteiger partial charge on any atom is -0.481 e. The summed E-state index contributed by atoms with van der Waals surface area (Å²) >= 11 is 0. The zero-order valence-corrected chi connectivity index (χ0v) is 8.79. The number of amides is 1. The maximum absolute atomic E-state index is 12.6. The molecule has 0 unspecified atom stereocenters. The molecule has 0 saturated heterocycles. The van der Waals surface area contributed by atoms with Crippen LogP contribution in [-0.2, 0) is 4.79 Å². The smallest absolute Gasteiger partial charge is 0.260 e. The van der Waals surface area contributed by atoms with Gasteiger partial charge in [-0.05, 0) is 30.7 Å². The molecule has 3 nitrogen and oxygen atoms in total. The highest BCUT2D eigenvalue weighted by Gasteiger charge is 2.16. The molecule has 1 rings (SSSR count). The lowest BCUT2D eigenvalue weighted by atomic mass is 10.2. The summed E-state index contributed by atoms with van der Waals surface area (Å²) in [5.74, 6) is -0.0102. The number of benzene rings is 1. The fraction of sp³-hybridized carbons (Fsp3) is 0.364. The molecule has 0 spiro atoms. The monoisotopic (exact) mass is 211 g/mol. The van der Waals surface area contributed by atoms with Crippen molar-refractivity contribution in [2.45, 2.75) is 19.4 Å². The first-order chi connectivity index (χ1) is 7.17. The molecule has 0 aromatic heterocycles. The van der Waals surface area contributed by atoms with E-state index in [9.17, 15) is 9.18 Å². The lowest BCUT2D eigenvalue weighted by molar-refractivity contribution is -0.127.